The first-order valence-corrected chi connectivity index (χ1v) is 12.9. The molecular weight excluding hydrogens is 477 g/mol. The van der Waals surface area contributed by atoms with Gasteiger partial charge < -0.3 is 36.5 Å². The molecule has 8 N–H and O–H groups in total. The van der Waals surface area contributed by atoms with Crippen LogP contribution in [-0.4, -0.2) is 68.1 Å². The summed E-state index contributed by atoms with van der Waals surface area (Å²) in [6.45, 7) is 6.20. The van der Waals surface area contributed by atoms with Gasteiger partial charge in [0.2, 0.25) is 0 Å². The van der Waals surface area contributed by atoms with Crippen LogP contribution in [0.3, 0.4) is 0 Å². The molecule has 4 saturated carbocycles. The first-order valence-electron chi connectivity index (χ1n) is 12.9. The first-order chi connectivity index (χ1) is 15.5. The van der Waals surface area contributed by atoms with Gasteiger partial charge in [0.05, 0.1) is 18.3 Å². The SMILES string of the molecule is C[C@H](CCC([O-])=NCC(=O)O)[C@H]1CC[C@H]2[C@@H]3[C@H](O)C[C@@H]4C[C@H](O)CC[C@]4(C)[C@H]3C[C@H](O)[C@]12C.O.O.[Na+]. The van der Waals surface area contributed by atoms with Crippen LogP contribution >= 0.6 is 0 Å². The number of rotatable bonds is 6. The van der Waals surface area contributed by atoms with Crippen LogP contribution in [0.4, 0.5) is 0 Å². The fraction of sp³-hybridized carbons (Fsp3) is 0.923. The summed E-state index contributed by atoms with van der Waals surface area (Å²) in [5.41, 5.74) is -0.229. The fourth-order valence-electron chi connectivity index (χ4n) is 8.92. The van der Waals surface area contributed by atoms with E-state index in [2.05, 4.69) is 25.8 Å². The third-order valence-electron chi connectivity index (χ3n) is 10.7. The molecule has 4 aliphatic carbocycles. The van der Waals surface area contributed by atoms with Crippen molar-refractivity contribution in [1.29, 1.82) is 0 Å². The molecule has 4 fully saturated rings. The molecule has 10 heteroatoms. The van der Waals surface area contributed by atoms with Gasteiger partial charge in [0.25, 0.3) is 0 Å². The number of aliphatic hydroxyl groups excluding tert-OH is 3. The number of fused-ring (bicyclic) bond motifs is 5. The second-order valence-corrected chi connectivity index (χ2v) is 12.1. The average molecular weight is 524 g/mol. The van der Waals surface area contributed by atoms with Gasteiger partial charge in [-0.2, -0.15) is 0 Å². The van der Waals surface area contributed by atoms with Crippen molar-refractivity contribution in [3.8, 4) is 0 Å². The van der Waals surface area contributed by atoms with E-state index in [-0.39, 0.29) is 105 Å². The number of aliphatic hydroxyl groups is 3. The van der Waals surface area contributed by atoms with Crippen molar-refractivity contribution < 1.29 is 70.8 Å². The molecule has 0 unspecified atom stereocenters. The Bertz CT molecular complexity index is 783. The summed E-state index contributed by atoms with van der Waals surface area (Å²) in [5, 5.41) is 53.9. The summed E-state index contributed by atoms with van der Waals surface area (Å²) < 4.78 is 0. The van der Waals surface area contributed by atoms with E-state index >= 15 is 0 Å². The van der Waals surface area contributed by atoms with Crippen molar-refractivity contribution in [3.05, 3.63) is 0 Å². The van der Waals surface area contributed by atoms with Crippen LogP contribution in [-0.2, 0) is 4.79 Å². The summed E-state index contributed by atoms with van der Waals surface area (Å²) in [6.07, 6.45) is 5.72. The monoisotopic (exact) mass is 523 g/mol. The van der Waals surface area contributed by atoms with E-state index in [1.807, 2.05) is 0 Å². The van der Waals surface area contributed by atoms with Crippen LogP contribution in [0, 0.1) is 46.3 Å². The zero-order valence-corrected chi connectivity index (χ0v) is 24.3. The molecule has 0 aromatic heterocycles. The molecule has 204 valence electrons. The van der Waals surface area contributed by atoms with Crippen LogP contribution in [0.1, 0.15) is 78.6 Å². The zero-order chi connectivity index (χ0) is 24.1. The molecule has 36 heavy (non-hydrogen) atoms. The number of carboxylic acids is 1. The number of aliphatic carboxylic acids is 1. The van der Waals surface area contributed by atoms with Gasteiger partial charge in [-0.25, -0.2) is 0 Å². The topological polar surface area (TPSA) is 196 Å². The van der Waals surface area contributed by atoms with Gasteiger partial charge >= 0.3 is 35.5 Å². The van der Waals surface area contributed by atoms with Gasteiger partial charge in [-0.3, -0.25) is 9.79 Å². The Morgan fingerprint density at radius 3 is 2.36 bits per heavy atom. The summed E-state index contributed by atoms with van der Waals surface area (Å²) in [4.78, 5) is 14.3. The number of carboxylic acid groups (broad SMARTS) is 1. The third-order valence-corrected chi connectivity index (χ3v) is 10.7. The predicted octanol–water partition coefficient (Wildman–Crippen LogP) is -2.44. The van der Waals surface area contributed by atoms with E-state index < -0.39 is 18.6 Å². The zero-order valence-electron chi connectivity index (χ0n) is 22.3. The number of aliphatic imine (C=N–C) groups is 1. The minimum absolute atomic E-state index is 0. The van der Waals surface area contributed by atoms with Gasteiger partial charge in [0.1, 0.15) is 6.54 Å². The predicted molar refractivity (Wildman–Crippen MR) is 130 cm³/mol. The average Bonchev–Trinajstić information content (AvgIpc) is 3.11. The van der Waals surface area contributed by atoms with E-state index in [1.165, 1.54) is 0 Å². The van der Waals surface area contributed by atoms with E-state index in [4.69, 9.17) is 5.11 Å². The Hall–Kier alpha value is -0.260. The largest absolute Gasteiger partial charge is 1.00 e. The molecule has 0 aliphatic heterocycles. The fourth-order valence-corrected chi connectivity index (χ4v) is 8.92. The second kappa shape index (κ2) is 12.7. The molecular formula is C26H46NNaO8. The van der Waals surface area contributed by atoms with Gasteiger partial charge in [-0.05, 0) is 110 Å². The van der Waals surface area contributed by atoms with Gasteiger partial charge in [0.15, 0.2) is 0 Å². The minimum Gasteiger partial charge on any atom is -0.862 e. The Labute approximate surface area is 236 Å². The molecule has 4 aliphatic rings. The Kier molecular flexibility index (Phi) is 11.9. The van der Waals surface area contributed by atoms with Crippen molar-refractivity contribution >= 4 is 11.9 Å². The van der Waals surface area contributed by atoms with Crippen molar-refractivity contribution in [2.75, 3.05) is 6.54 Å². The molecule has 0 amide bonds. The van der Waals surface area contributed by atoms with E-state index in [0.717, 1.165) is 38.5 Å². The molecule has 11 atom stereocenters. The van der Waals surface area contributed by atoms with Crippen molar-refractivity contribution in [2.45, 2.75) is 96.9 Å². The second-order valence-electron chi connectivity index (χ2n) is 12.1. The molecule has 4 rings (SSSR count). The van der Waals surface area contributed by atoms with Crippen LogP contribution in [0.25, 0.3) is 0 Å². The summed E-state index contributed by atoms with van der Waals surface area (Å²) >= 11 is 0. The molecule has 0 bridgehead atoms. The number of carbonyl (C=O) groups is 1. The van der Waals surface area contributed by atoms with Crippen LogP contribution in [0.2, 0.25) is 0 Å². The molecule has 9 nitrogen and oxygen atoms in total. The quantitative estimate of drug-likeness (QED) is 0.169. The van der Waals surface area contributed by atoms with E-state index in [0.29, 0.717) is 18.8 Å². The molecule has 0 aromatic carbocycles. The molecule has 0 radical (unpaired) electrons. The maximum absolute atomic E-state index is 12.0. The summed E-state index contributed by atoms with van der Waals surface area (Å²) in [6, 6.07) is 0. The van der Waals surface area contributed by atoms with Crippen molar-refractivity contribution in [1.82, 2.24) is 0 Å². The summed E-state index contributed by atoms with van der Waals surface area (Å²) in [7, 11) is 0. The number of nitrogens with zero attached hydrogens (tertiary/aromatic N) is 1. The van der Waals surface area contributed by atoms with Crippen molar-refractivity contribution in [2.24, 2.45) is 51.3 Å². The smallest absolute Gasteiger partial charge is 0.862 e. The normalized spacial score (nSPS) is 44.4. The van der Waals surface area contributed by atoms with Gasteiger partial charge in [-0.1, -0.05) is 20.8 Å². The summed E-state index contributed by atoms with van der Waals surface area (Å²) in [5.74, 6) is 0.0278. The Morgan fingerprint density at radius 2 is 1.72 bits per heavy atom. The van der Waals surface area contributed by atoms with Crippen LogP contribution in [0.15, 0.2) is 4.99 Å². The number of hydrogen-bond donors (Lipinski definition) is 4. The third kappa shape index (κ3) is 5.83. The maximum atomic E-state index is 12.0. The minimum atomic E-state index is -1.10. The first kappa shape index (κ1) is 33.8. The maximum Gasteiger partial charge on any atom is 1.00 e. The molecule has 0 saturated heterocycles. The molecule has 0 spiro atoms. The van der Waals surface area contributed by atoms with Gasteiger partial charge in [-0.15, -0.1) is 0 Å². The van der Waals surface area contributed by atoms with Crippen LogP contribution < -0.4 is 34.7 Å². The standard InChI is InChI=1S/C26H43NO6.Na.2H2O/c1-14(4-7-22(31)27-13-23(32)33)17-5-6-18-24-19(12-21(30)26(17,18)3)25(2)9-8-16(28)10-15(25)11-20(24)29;;;/h14-21,24,28-30H,4-13H2,1-3H3,(H,27,31)(H,32,33);;2*1H2/q;+1;;/p-1/t14-,15+,16-,17-,18+,19+,20-,21+,24+,25+,26-;;;/m1.../s1. The Balaban J connectivity index is 0.00000216. The molecule has 0 heterocycles. The van der Waals surface area contributed by atoms with E-state index in [1.54, 1.807) is 0 Å². The van der Waals surface area contributed by atoms with Crippen LogP contribution in [0.5, 0.6) is 0 Å². The number of hydrogen-bond acceptors (Lipinski definition) is 6. The molecule has 0 aromatic rings. The van der Waals surface area contributed by atoms with Gasteiger partial charge in [0, 0.05) is 0 Å². The van der Waals surface area contributed by atoms with E-state index in [9.17, 15) is 25.2 Å². The van der Waals surface area contributed by atoms with Crippen molar-refractivity contribution in [3.63, 3.8) is 0 Å². The Morgan fingerprint density at radius 1 is 1.06 bits per heavy atom.